The maximum absolute atomic E-state index is 12.5. The quantitative estimate of drug-likeness (QED) is 0.304. The summed E-state index contributed by atoms with van der Waals surface area (Å²) in [7, 11) is 1.55. The van der Waals surface area contributed by atoms with Crippen molar-refractivity contribution >= 4 is 12.0 Å². The van der Waals surface area contributed by atoms with Crippen LogP contribution in [0, 0.1) is 0 Å². The van der Waals surface area contributed by atoms with Gasteiger partial charge in [-0.05, 0) is 37.4 Å². The molecule has 0 bridgehead atoms. The summed E-state index contributed by atoms with van der Waals surface area (Å²) in [4.78, 5) is 15.3. The predicted octanol–water partition coefficient (Wildman–Crippen LogP) is 4.21. The van der Waals surface area contributed by atoms with Crippen molar-refractivity contribution in [3.8, 4) is 11.5 Å². The van der Waals surface area contributed by atoms with Crippen LogP contribution in [0.1, 0.15) is 50.0 Å². The molecule has 0 amide bonds. The Labute approximate surface area is 169 Å². The molecule has 3 rings (SSSR count). The van der Waals surface area contributed by atoms with E-state index < -0.39 is 17.5 Å². The van der Waals surface area contributed by atoms with Crippen LogP contribution in [0.25, 0.3) is 16.5 Å². The van der Waals surface area contributed by atoms with E-state index in [1.165, 1.54) is 0 Å². The molecule has 0 aliphatic carbocycles. The number of hydrogen-bond donors (Lipinski definition) is 0. The van der Waals surface area contributed by atoms with Crippen molar-refractivity contribution in [2.45, 2.75) is 57.9 Å². The molecule has 156 valence electrons. The Morgan fingerprint density at radius 2 is 1.90 bits per heavy atom. The largest absolute Gasteiger partial charge is 0.497 e. The Hall–Kier alpha value is -2.74. The summed E-state index contributed by atoms with van der Waals surface area (Å²) >= 11 is 0. The summed E-state index contributed by atoms with van der Waals surface area (Å²) in [5.41, 5.74) is 9.53. The summed E-state index contributed by atoms with van der Waals surface area (Å²) in [6.07, 6.45) is 3.54. The molecule has 2 atom stereocenters. The molecular formula is C20H25N3O6. The number of hydrogen-bond acceptors (Lipinski definition) is 7. The van der Waals surface area contributed by atoms with Gasteiger partial charge in [0.25, 0.3) is 0 Å². The van der Waals surface area contributed by atoms with Crippen LogP contribution in [-0.2, 0) is 14.2 Å². The van der Waals surface area contributed by atoms with Crippen molar-refractivity contribution < 1.29 is 28.5 Å². The van der Waals surface area contributed by atoms with Crippen LogP contribution in [0.3, 0.4) is 0 Å². The lowest BCUT2D eigenvalue weighted by atomic mass is 10.0. The van der Waals surface area contributed by atoms with Crippen molar-refractivity contribution in [2.24, 2.45) is 5.11 Å². The van der Waals surface area contributed by atoms with E-state index in [-0.39, 0.29) is 18.8 Å². The van der Waals surface area contributed by atoms with Gasteiger partial charge in [-0.3, -0.25) is 0 Å². The molecule has 9 nitrogen and oxygen atoms in total. The standard InChI is InChI=1S/C20H25N3O6/c1-19(2)26-14(16(28-19)11-22-23-21)8-6-7-12-9-13(25-5)10-15-17(12)18(24)29-20(3,4)27-15/h6-7,9-10,14,16H,8,11H2,1-5H3/b7-6+/t14-,16+/m0/s1. The fourth-order valence-corrected chi connectivity index (χ4v) is 3.43. The third kappa shape index (κ3) is 4.82. The predicted molar refractivity (Wildman–Crippen MR) is 105 cm³/mol. The zero-order valence-electron chi connectivity index (χ0n) is 17.2. The van der Waals surface area contributed by atoms with Crippen molar-refractivity contribution in [1.82, 2.24) is 0 Å². The van der Waals surface area contributed by atoms with E-state index in [1.54, 1.807) is 39.2 Å². The minimum absolute atomic E-state index is 0.183. The van der Waals surface area contributed by atoms with Crippen LogP contribution in [0.4, 0.5) is 0 Å². The molecule has 1 fully saturated rings. The Balaban J connectivity index is 1.83. The second-order valence-corrected chi connectivity index (χ2v) is 7.75. The maximum Gasteiger partial charge on any atom is 0.345 e. The van der Waals surface area contributed by atoms with Gasteiger partial charge in [0, 0.05) is 24.8 Å². The lowest BCUT2D eigenvalue weighted by molar-refractivity contribution is -0.145. The number of rotatable bonds is 6. The molecule has 0 spiro atoms. The number of cyclic esters (lactones) is 1. The molecule has 1 aromatic rings. The third-order valence-electron chi connectivity index (χ3n) is 4.52. The van der Waals surface area contributed by atoms with Gasteiger partial charge in [-0.15, -0.1) is 0 Å². The van der Waals surface area contributed by atoms with Gasteiger partial charge in [-0.1, -0.05) is 17.3 Å². The van der Waals surface area contributed by atoms with Gasteiger partial charge in [0.2, 0.25) is 5.79 Å². The molecule has 0 radical (unpaired) electrons. The fraction of sp³-hybridized carbons (Fsp3) is 0.550. The summed E-state index contributed by atoms with van der Waals surface area (Å²) in [5.74, 6) is -1.29. The van der Waals surface area contributed by atoms with Gasteiger partial charge in [-0.25, -0.2) is 4.79 Å². The number of fused-ring (bicyclic) bond motifs is 1. The number of ether oxygens (including phenoxy) is 5. The molecule has 1 saturated heterocycles. The second-order valence-electron chi connectivity index (χ2n) is 7.75. The Morgan fingerprint density at radius 1 is 1.17 bits per heavy atom. The minimum atomic E-state index is -1.05. The number of benzene rings is 1. The summed E-state index contributed by atoms with van der Waals surface area (Å²) < 4.78 is 28.2. The molecule has 0 saturated carbocycles. The van der Waals surface area contributed by atoms with E-state index in [4.69, 9.17) is 29.2 Å². The van der Waals surface area contributed by atoms with Crippen molar-refractivity contribution in [2.75, 3.05) is 13.7 Å². The van der Waals surface area contributed by atoms with Crippen molar-refractivity contribution in [3.05, 3.63) is 39.8 Å². The Kier molecular flexibility index (Phi) is 5.75. The highest BCUT2D eigenvalue weighted by Crippen LogP contribution is 2.37. The molecule has 0 aromatic heterocycles. The van der Waals surface area contributed by atoms with Gasteiger partial charge >= 0.3 is 5.97 Å². The topological polar surface area (TPSA) is 112 Å². The lowest BCUT2D eigenvalue weighted by Crippen LogP contribution is -2.39. The van der Waals surface area contributed by atoms with E-state index in [9.17, 15) is 4.79 Å². The van der Waals surface area contributed by atoms with E-state index in [2.05, 4.69) is 10.0 Å². The zero-order valence-corrected chi connectivity index (χ0v) is 17.2. The lowest BCUT2D eigenvalue weighted by Gasteiger charge is -2.32. The van der Waals surface area contributed by atoms with Crippen LogP contribution in [0.5, 0.6) is 11.5 Å². The van der Waals surface area contributed by atoms with Gasteiger partial charge in [0.05, 0.1) is 25.9 Å². The molecule has 2 aliphatic rings. The molecule has 2 heterocycles. The average molecular weight is 403 g/mol. The fourth-order valence-electron chi connectivity index (χ4n) is 3.43. The van der Waals surface area contributed by atoms with Gasteiger partial charge in [0.1, 0.15) is 17.1 Å². The zero-order chi connectivity index (χ0) is 21.2. The Morgan fingerprint density at radius 3 is 2.59 bits per heavy atom. The van der Waals surface area contributed by atoms with E-state index in [0.29, 0.717) is 29.0 Å². The van der Waals surface area contributed by atoms with Gasteiger partial charge in [0.15, 0.2) is 5.79 Å². The van der Waals surface area contributed by atoms with E-state index in [0.717, 1.165) is 0 Å². The second kappa shape index (κ2) is 7.94. The number of methoxy groups -OCH3 is 1. The van der Waals surface area contributed by atoms with Gasteiger partial charge in [-0.2, -0.15) is 0 Å². The minimum Gasteiger partial charge on any atom is -0.497 e. The summed E-state index contributed by atoms with van der Waals surface area (Å²) in [5, 5.41) is 3.60. The number of nitrogens with zero attached hydrogens (tertiary/aromatic N) is 3. The first-order chi connectivity index (χ1) is 13.6. The van der Waals surface area contributed by atoms with Crippen LogP contribution >= 0.6 is 0 Å². The number of carbonyl (C=O) groups is 1. The molecule has 0 unspecified atom stereocenters. The first-order valence-electron chi connectivity index (χ1n) is 9.31. The molecule has 0 N–H and O–H groups in total. The molecule has 1 aromatic carbocycles. The molecule has 29 heavy (non-hydrogen) atoms. The third-order valence-corrected chi connectivity index (χ3v) is 4.52. The van der Waals surface area contributed by atoms with Crippen molar-refractivity contribution in [1.29, 1.82) is 0 Å². The number of esters is 1. The molecule has 9 heteroatoms. The maximum atomic E-state index is 12.5. The SMILES string of the molecule is COc1cc(/C=C/C[C@@H]2OC(C)(C)O[C@@H]2CN=[N+]=[N-])c2c(c1)OC(C)(C)OC2=O. The number of azide groups is 1. The average Bonchev–Trinajstić information content (AvgIpc) is 2.91. The summed E-state index contributed by atoms with van der Waals surface area (Å²) in [6.45, 7) is 7.15. The van der Waals surface area contributed by atoms with Crippen LogP contribution in [0.2, 0.25) is 0 Å². The number of carbonyl (C=O) groups excluding carboxylic acids is 1. The summed E-state index contributed by atoms with van der Waals surface area (Å²) in [6, 6.07) is 3.41. The van der Waals surface area contributed by atoms with Crippen LogP contribution < -0.4 is 9.47 Å². The monoisotopic (exact) mass is 403 g/mol. The van der Waals surface area contributed by atoms with Crippen LogP contribution in [-0.4, -0.2) is 43.4 Å². The first kappa shape index (κ1) is 21.0. The molecular weight excluding hydrogens is 378 g/mol. The molecule has 2 aliphatic heterocycles. The highest BCUT2D eigenvalue weighted by Gasteiger charge is 2.40. The van der Waals surface area contributed by atoms with Crippen LogP contribution in [0.15, 0.2) is 23.3 Å². The highest BCUT2D eigenvalue weighted by atomic mass is 16.8. The highest BCUT2D eigenvalue weighted by molar-refractivity contribution is 5.98. The van der Waals surface area contributed by atoms with E-state index >= 15 is 0 Å². The van der Waals surface area contributed by atoms with Gasteiger partial charge < -0.3 is 23.7 Å². The normalized spacial score (nSPS) is 24.4. The van der Waals surface area contributed by atoms with E-state index in [1.807, 2.05) is 19.9 Å². The first-order valence-corrected chi connectivity index (χ1v) is 9.31. The van der Waals surface area contributed by atoms with Crippen molar-refractivity contribution in [3.63, 3.8) is 0 Å². The smallest absolute Gasteiger partial charge is 0.345 e. The Bertz CT molecular complexity index is 873.